The predicted octanol–water partition coefficient (Wildman–Crippen LogP) is -1.30. The Bertz CT molecular complexity index is 190. The van der Waals surface area contributed by atoms with Crippen LogP contribution in [-0.4, -0.2) is 68.6 Å². The molecule has 0 aliphatic carbocycles. The lowest BCUT2D eigenvalue weighted by Crippen LogP contribution is -2.48. The Morgan fingerprint density at radius 1 is 1.20 bits per heavy atom. The van der Waals surface area contributed by atoms with Gasteiger partial charge in [0.25, 0.3) is 0 Å². The van der Waals surface area contributed by atoms with Gasteiger partial charge < -0.3 is 16.0 Å². The molecule has 1 heterocycles. The van der Waals surface area contributed by atoms with Gasteiger partial charge in [-0.1, -0.05) is 0 Å². The number of carbonyl (C=O) groups excluding carboxylic acids is 1. The maximum absolute atomic E-state index is 11.1. The lowest BCUT2D eigenvalue weighted by Gasteiger charge is -2.34. The van der Waals surface area contributed by atoms with E-state index in [1.165, 1.54) is 0 Å². The van der Waals surface area contributed by atoms with Gasteiger partial charge in [-0.2, -0.15) is 0 Å². The van der Waals surface area contributed by atoms with Gasteiger partial charge in [0.1, 0.15) is 0 Å². The average molecular weight is 214 g/mol. The van der Waals surface area contributed by atoms with Gasteiger partial charge in [-0.05, 0) is 0 Å². The fourth-order valence-corrected chi connectivity index (χ4v) is 1.80. The van der Waals surface area contributed by atoms with Crippen molar-refractivity contribution in [1.82, 2.24) is 15.1 Å². The van der Waals surface area contributed by atoms with Gasteiger partial charge >= 0.3 is 0 Å². The first-order chi connectivity index (χ1) is 7.26. The van der Waals surface area contributed by atoms with Crippen LogP contribution in [0.15, 0.2) is 0 Å². The highest BCUT2D eigenvalue weighted by Crippen LogP contribution is 2.01. The second kappa shape index (κ2) is 6.76. The molecule has 0 atom stereocenters. The first kappa shape index (κ1) is 12.4. The topological polar surface area (TPSA) is 61.6 Å². The molecule has 1 rings (SSSR count). The quantitative estimate of drug-likeness (QED) is 0.597. The van der Waals surface area contributed by atoms with Gasteiger partial charge in [-0.15, -0.1) is 0 Å². The van der Waals surface area contributed by atoms with Gasteiger partial charge in [-0.25, -0.2) is 0 Å². The molecule has 0 aromatic heterocycles. The Morgan fingerprint density at radius 2 is 1.73 bits per heavy atom. The van der Waals surface area contributed by atoms with Crippen LogP contribution in [-0.2, 0) is 4.79 Å². The van der Waals surface area contributed by atoms with Crippen molar-refractivity contribution in [3.8, 4) is 0 Å². The summed E-state index contributed by atoms with van der Waals surface area (Å²) in [5.41, 5.74) is 5.50. The molecule has 1 saturated heterocycles. The number of nitrogens with two attached hydrogens (primary N) is 1. The molecule has 0 unspecified atom stereocenters. The van der Waals surface area contributed by atoms with Crippen molar-refractivity contribution < 1.29 is 4.79 Å². The maximum Gasteiger partial charge on any atom is 0.221 e. The molecule has 1 aliphatic rings. The van der Waals surface area contributed by atoms with E-state index in [0.29, 0.717) is 6.42 Å². The highest BCUT2D eigenvalue weighted by Gasteiger charge is 2.16. The lowest BCUT2D eigenvalue weighted by molar-refractivity contribution is -0.121. The average Bonchev–Trinajstić information content (AvgIpc) is 2.28. The minimum absolute atomic E-state index is 0.124. The van der Waals surface area contributed by atoms with E-state index in [4.69, 9.17) is 5.73 Å². The third kappa shape index (κ3) is 4.59. The van der Waals surface area contributed by atoms with Crippen LogP contribution in [0.25, 0.3) is 0 Å². The van der Waals surface area contributed by atoms with Gasteiger partial charge in [0.05, 0.1) is 0 Å². The number of hydrogen-bond acceptors (Lipinski definition) is 4. The smallest absolute Gasteiger partial charge is 0.221 e. The van der Waals surface area contributed by atoms with Crippen molar-refractivity contribution >= 4 is 5.91 Å². The van der Waals surface area contributed by atoms with E-state index in [2.05, 4.69) is 15.1 Å². The Hall–Kier alpha value is -0.650. The summed E-state index contributed by atoms with van der Waals surface area (Å²) < 4.78 is 0. The summed E-state index contributed by atoms with van der Waals surface area (Å²) in [4.78, 5) is 15.8. The number of hydrogen-bond donors (Lipinski definition) is 2. The van der Waals surface area contributed by atoms with Gasteiger partial charge in [0.15, 0.2) is 0 Å². The minimum atomic E-state index is 0.124. The number of nitrogens with one attached hydrogen (secondary N) is 1. The Labute approximate surface area is 91.6 Å². The van der Waals surface area contributed by atoms with E-state index in [-0.39, 0.29) is 5.91 Å². The molecule has 0 bridgehead atoms. The summed E-state index contributed by atoms with van der Waals surface area (Å²) >= 11 is 0. The third-order valence-electron chi connectivity index (χ3n) is 2.84. The monoisotopic (exact) mass is 214 g/mol. The van der Waals surface area contributed by atoms with Gasteiger partial charge in [0.2, 0.25) is 5.91 Å². The predicted molar refractivity (Wildman–Crippen MR) is 60.6 cm³/mol. The molecule has 0 radical (unpaired) electrons. The first-order valence-corrected chi connectivity index (χ1v) is 5.61. The van der Waals surface area contributed by atoms with Crippen LogP contribution in [0.5, 0.6) is 0 Å². The summed E-state index contributed by atoms with van der Waals surface area (Å²) in [6.07, 6.45) is 0.605. The van der Waals surface area contributed by atoms with Crippen molar-refractivity contribution in [1.29, 1.82) is 0 Å². The molecule has 15 heavy (non-hydrogen) atoms. The molecular weight excluding hydrogens is 192 g/mol. The zero-order valence-electron chi connectivity index (χ0n) is 9.54. The second-order valence-corrected chi connectivity index (χ2v) is 3.90. The number of amides is 1. The van der Waals surface area contributed by atoms with Crippen molar-refractivity contribution in [2.45, 2.75) is 6.42 Å². The number of rotatable bonds is 5. The summed E-state index contributed by atoms with van der Waals surface area (Å²) in [7, 11) is 1.68. The van der Waals surface area contributed by atoms with Crippen LogP contribution in [0, 0.1) is 0 Å². The molecule has 3 N–H and O–H groups in total. The number of piperazine rings is 1. The zero-order valence-corrected chi connectivity index (χ0v) is 9.54. The molecule has 1 aliphatic heterocycles. The Morgan fingerprint density at radius 3 is 2.20 bits per heavy atom. The van der Waals surface area contributed by atoms with Crippen LogP contribution in [0.1, 0.15) is 6.42 Å². The molecular formula is C10H22N4O. The fourth-order valence-electron chi connectivity index (χ4n) is 1.80. The highest BCUT2D eigenvalue weighted by atomic mass is 16.1. The summed E-state index contributed by atoms with van der Waals surface area (Å²) in [6.45, 7) is 6.85. The summed E-state index contributed by atoms with van der Waals surface area (Å²) in [5, 5.41) is 2.64. The molecule has 0 aromatic rings. The molecule has 1 fully saturated rings. The van der Waals surface area contributed by atoms with Crippen molar-refractivity contribution in [2.75, 3.05) is 52.9 Å². The van der Waals surface area contributed by atoms with Gasteiger partial charge in [-0.3, -0.25) is 9.69 Å². The summed E-state index contributed by atoms with van der Waals surface area (Å²) in [6, 6.07) is 0. The highest BCUT2D eigenvalue weighted by molar-refractivity contribution is 5.75. The van der Waals surface area contributed by atoms with E-state index in [1.54, 1.807) is 7.05 Å². The van der Waals surface area contributed by atoms with Crippen LogP contribution in [0.3, 0.4) is 0 Å². The molecule has 1 amide bonds. The second-order valence-electron chi connectivity index (χ2n) is 3.90. The molecule has 5 nitrogen and oxygen atoms in total. The van der Waals surface area contributed by atoms with Crippen LogP contribution < -0.4 is 11.1 Å². The largest absolute Gasteiger partial charge is 0.359 e. The molecule has 0 spiro atoms. The Balaban J connectivity index is 2.12. The van der Waals surface area contributed by atoms with E-state index >= 15 is 0 Å². The van der Waals surface area contributed by atoms with Crippen LogP contribution >= 0.6 is 0 Å². The Kier molecular flexibility index (Phi) is 5.60. The van der Waals surface area contributed by atoms with Crippen molar-refractivity contribution in [3.05, 3.63) is 0 Å². The van der Waals surface area contributed by atoms with E-state index in [1.807, 2.05) is 0 Å². The van der Waals surface area contributed by atoms with Crippen LogP contribution in [0.4, 0.5) is 0 Å². The van der Waals surface area contributed by atoms with Gasteiger partial charge in [0, 0.05) is 59.3 Å². The first-order valence-electron chi connectivity index (χ1n) is 5.61. The SMILES string of the molecule is CNC(=O)CCN1CCN(CCN)CC1. The van der Waals surface area contributed by atoms with E-state index in [9.17, 15) is 4.79 Å². The number of carbonyl (C=O) groups is 1. The molecule has 88 valence electrons. The summed E-state index contributed by atoms with van der Waals surface area (Å²) in [5.74, 6) is 0.124. The van der Waals surface area contributed by atoms with Crippen LogP contribution in [0.2, 0.25) is 0 Å². The minimum Gasteiger partial charge on any atom is -0.359 e. The van der Waals surface area contributed by atoms with Crippen molar-refractivity contribution in [2.24, 2.45) is 5.73 Å². The lowest BCUT2D eigenvalue weighted by atomic mass is 10.3. The fraction of sp³-hybridized carbons (Fsp3) is 0.900. The van der Waals surface area contributed by atoms with E-state index in [0.717, 1.165) is 45.8 Å². The zero-order chi connectivity index (χ0) is 11.1. The third-order valence-corrected chi connectivity index (χ3v) is 2.84. The molecule has 5 heteroatoms. The van der Waals surface area contributed by atoms with Crippen molar-refractivity contribution in [3.63, 3.8) is 0 Å². The normalized spacial score (nSPS) is 19.1. The standard InChI is InChI=1S/C10H22N4O/c1-12-10(15)2-4-13-6-8-14(5-3-11)9-7-13/h2-9,11H2,1H3,(H,12,15). The number of nitrogens with zero attached hydrogens (tertiary/aromatic N) is 2. The molecule has 0 saturated carbocycles. The maximum atomic E-state index is 11.1. The van der Waals surface area contributed by atoms with E-state index < -0.39 is 0 Å². The molecule has 0 aromatic carbocycles.